The van der Waals surface area contributed by atoms with E-state index >= 15 is 0 Å². The van der Waals surface area contributed by atoms with Gasteiger partial charge < -0.3 is 5.73 Å². The van der Waals surface area contributed by atoms with Gasteiger partial charge in [-0.3, -0.25) is 4.90 Å². The lowest BCUT2D eigenvalue weighted by Crippen LogP contribution is -2.55. The van der Waals surface area contributed by atoms with Crippen molar-refractivity contribution in [3.63, 3.8) is 0 Å². The maximum atomic E-state index is 6.20. The van der Waals surface area contributed by atoms with Crippen molar-refractivity contribution in [1.29, 1.82) is 0 Å². The Morgan fingerprint density at radius 1 is 1.36 bits per heavy atom. The SMILES string of the molecule is C=CCCC(N)C(C)(C)N(CC)CC. The Morgan fingerprint density at radius 2 is 1.86 bits per heavy atom. The van der Waals surface area contributed by atoms with Crippen LogP contribution in [0.3, 0.4) is 0 Å². The van der Waals surface area contributed by atoms with Crippen LogP contribution in [0, 0.1) is 0 Å². The molecule has 0 amide bonds. The topological polar surface area (TPSA) is 29.3 Å². The average Bonchev–Trinajstić information content (AvgIpc) is 2.15. The van der Waals surface area contributed by atoms with Gasteiger partial charge in [-0.25, -0.2) is 0 Å². The molecule has 1 atom stereocenters. The predicted molar refractivity (Wildman–Crippen MR) is 64.4 cm³/mol. The number of rotatable bonds is 7. The van der Waals surface area contributed by atoms with E-state index in [1.807, 2.05) is 6.08 Å². The quantitative estimate of drug-likeness (QED) is 0.637. The summed E-state index contributed by atoms with van der Waals surface area (Å²) in [6.45, 7) is 14.7. The summed E-state index contributed by atoms with van der Waals surface area (Å²) in [5.41, 5.74) is 6.29. The second-order valence-electron chi connectivity index (χ2n) is 4.30. The first-order valence-corrected chi connectivity index (χ1v) is 5.62. The highest BCUT2D eigenvalue weighted by molar-refractivity contribution is 4.91. The normalized spacial score (nSPS) is 14.4. The van der Waals surface area contributed by atoms with E-state index in [1.165, 1.54) is 0 Å². The Balaban J connectivity index is 4.32. The van der Waals surface area contributed by atoms with Crippen LogP contribution in [-0.4, -0.2) is 29.6 Å². The molecule has 0 aliphatic rings. The molecular formula is C12H26N2. The number of nitrogens with two attached hydrogens (primary N) is 1. The molecule has 0 saturated heterocycles. The maximum absolute atomic E-state index is 6.20. The minimum atomic E-state index is 0.0898. The highest BCUT2D eigenvalue weighted by Gasteiger charge is 2.30. The molecule has 2 N–H and O–H groups in total. The molecule has 1 unspecified atom stereocenters. The van der Waals surface area contributed by atoms with Crippen LogP contribution in [0.25, 0.3) is 0 Å². The van der Waals surface area contributed by atoms with Crippen LogP contribution >= 0.6 is 0 Å². The van der Waals surface area contributed by atoms with Crippen molar-refractivity contribution >= 4 is 0 Å². The van der Waals surface area contributed by atoms with Crippen molar-refractivity contribution in [2.45, 2.75) is 52.1 Å². The third kappa shape index (κ3) is 3.43. The summed E-state index contributed by atoms with van der Waals surface area (Å²) in [5, 5.41) is 0. The molecule has 84 valence electrons. The third-order valence-corrected chi connectivity index (χ3v) is 3.17. The second kappa shape index (κ2) is 6.20. The van der Waals surface area contributed by atoms with Gasteiger partial charge in [0, 0.05) is 11.6 Å². The summed E-state index contributed by atoms with van der Waals surface area (Å²) in [5.74, 6) is 0. The van der Waals surface area contributed by atoms with E-state index < -0.39 is 0 Å². The van der Waals surface area contributed by atoms with Crippen molar-refractivity contribution in [3.8, 4) is 0 Å². The molecule has 2 heteroatoms. The number of likely N-dealkylation sites (N-methyl/N-ethyl adjacent to an activating group) is 1. The molecule has 0 aliphatic carbocycles. The van der Waals surface area contributed by atoms with Gasteiger partial charge in [0.25, 0.3) is 0 Å². The molecule has 14 heavy (non-hydrogen) atoms. The van der Waals surface area contributed by atoms with Crippen molar-refractivity contribution in [1.82, 2.24) is 4.90 Å². The fraction of sp³-hybridized carbons (Fsp3) is 0.833. The van der Waals surface area contributed by atoms with E-state index in [4.69, 9.17) is 5.73 Å². The zero-order chi connectivity index (χ0) is 11.2. The highest BCUT2D eigenvalue weighted by atomic mass is 15.2. The van der Waals surface area contributed by atoms with E-state index in [9.17, 15) is 0 Å². The van der Waals surface area contributed by atoms with Crippen LogP contribution in [0.1, 0.15) is 40.5 Å². The summed E-state index contributed by atoms with van der Waals surface area (Å²) in [6, 6.07) is 0.223. The molecule has 0 saturated carbocycles. The standard InChI is InChI=1S/C12H26N2/c1-6-9-10-11(13)12(4,5)14(7-2)8-3/h6,11H,1,7-10,13H2,2-5H3. The van der Waals surface area contributed by atoms with Gasteiger partial charge in [0.2, 0.25) is 0 Å². The Hall–Kier alpha value is -0.340. The Morgan fingerprint density at radius 3 is 2.21 bits per heavy atom. The summed E-state index contributed by atoms with van der Waals surface area (Å²) in [4.78, 5) is 2.42. The predicted octanol–water partition coefficient (Wildman–Crippen LogP) is 2.40. The van der Waals surface area contributed by atoms with E-state index in [0.29, 0.717) is 0 Å². The molecule has 0 heterocycles. The Kier molecular flexibility index (Phi) is 6.05. The second-order valence-corrected chi connectivity index (χ2v) is 4.30. The summed E-state index contributed by atoms with van der Waals surface area (Å²) >= 11 is 0. The van der Waals surface area contributed by atoms with Gasteiger partial charge in [-0.15, -0.1) is 6.58 Å². The van der Waals surface area contributed by atoms with Crippen LogP contribution in [0.5, 0.6) is 0 Å². The average molecular weight is 198 g/mol. The third-order valence-electron chi connectivity index (χ3n) is 3.17. The smallest absolute Gasteiger partial charge is 0.0303 e. The van der Waals surface area contributed by atoms with Gasteiger partial charge >= 0.3 is 0 Å². The lowest BCUT2D eigenvalue weighted by atomic mass is 9.89. The molecule has 0 fully saturated rings. The largest absolute Gasteiger partial charge is 0.326 e. The Labute approximate surface area is 89.2 Å². The maximum Gasteiger partial charge on any atom is 0.0303 e. The molecule has 2 nitrogen and oxygen atoms in total. The van der Waals surface area contributed by atoms with Gasteiger partial charge in [-0.1, -0.05) is 19.9 Å². The van der Waals surface area contributed by atoms with Crippen LogP contribution in [0.4, 0.5) is 0 Å². The lowest BCUT2D eigenvalue weighted by Gasteiger charge is -2.41. The number of hydrogen-bond acceptors (Lipinski definition) is 2. The monoisotopic (exact) mass is 198 g/mol. The van der Waals surface area contributed by atoms with E-state index in [1.54, 1.807) is 0 Å². The first-order chi connectivity index (χ1) is 6.50. The number of hydrogen-bond donors (Lipinski definition) is 1. The number of nitrogens with zero attached hydrogens (tertiary/aromatic N) is 1. The first-order valence-electron chi connectivity index (χ1n) is 5.62. The van der Waals surface area contributed by atoms with E-state index in [0.717, 1.165) is 25.9 Å². The van der Waals surface area contributed by atoms with Crippen molar-refractivity contribution in [2.75, 3.05) is 13.1 Å². The van der Waals surface area contributed by atoms with E-state index in [2.05, 4.69) is 39.2 Å². The van der Waals surface area contributed by atoms with Crippen LogP contribution in [0.15, 0.2) is 12.7 Å². The lowest BCUT2D eigenvalue weighted by molar-refractivity contribution is 0.104. The fourth-order valence-corrected chi connectivity index (χ4v) is 1.92. The molecule has 0 rings (SSSR count). The summed E-state index contributed by atoms with van der Waals surface area (Å²) in [7, 11) is 0. The van der Waals surface area contributed by atoms with E-state index in [-0.39, 0.29) is 11.6 Å². The molecular weight excluding hydrogens is 172 g/mol. The Bertz CT molecular complexity index is 160. The van der Waals surface area contributed by atoms with Crippen LogP contribution in [0.2, 0.25) is 0 Å². The molecule has 0 bridgehead atoms. The van der Waals surface area contributed by atoms with Crippen molar-refractivity contribution in [2.24, 2.45) is 5.73 Å². The van der Waals surface area contributed by atoms with Gasteiger partial charge in [0.1, 0.15) is 0 Å². The molecule has 0 aromatic heterocycles. The van der Waals surface area contributed by atoms with Crippen LogP contribution in [-0.2, 0) is 0 Å². The van der Waals surface area contributed by atoms with Crippen molar-refractivity contribution in [3.05, 3.63) is 12.7 Å². The zero-order valence-corrected chi connectivity index (χ0v) is 10.2. The molecule has 0 spiro atoms. The minimum Gasteiger partial charge on any atom is -0.326 e. The highest BCUT2D eigenvalue weighted by Crippen LogP contribution is 2.20. The minimum absolute atomic E-state index is 0.0898. The summed E-state index contributed by atoms with van der Waals surface area (Å²) < 4.78 is 0. The van der Waals surface area contributed by atoms with Gasteiger partial charge in [0.15, 0.2) is 0 Å². The van der Waals surface area contributed by atoms with Crippen LogP contribution < -0.4 is 5.73 Å². The van der Waals surface area contributed by atoms with Gasteiger partial charge in [-0.2, -0.15) is 0 Å². The number of allylic oxidation sites excluding steroid dienone is 1. The zero-order valence-electron chi connectivity index (χ0n) is 10.2. The van der Waals surface area contributed by atoms with Crippen molar-refractivity contribution < 1.29 is 0 Å². The fourth-order valence-electron chi connectivity index (χ4n) is 1.92. The summed E-state index contributed by atoms with van der Waals surface area (Å²) in [6.07, 6.45) is 3.97. The molecule has 0 aliphatic heterocycles. The molecule has 0 aromatic carbocycles. The molecule has 0 aromatic rings. The first kappa shape index (κ1) is 13.7. The van der Waals surface area contributed by atoms with Gasteiger partial charge in [0.05, 0.1) is 0 Å². The molecule has 0 radical (unpaired) electrons. The van der Waals surface area contributed by atoms with Gasteiger partial charge in [-0.05, 0) is 39.8 Å².